The highest BCUT2D eigenvalue weighted by Crippen LogP contribution is 2.32. The number of nitroso groups, excluding NO2 is 1. The number of hydrogen-bond acceptors (Lipinski definition) is 2. The molecule has 0 N–H and O–H groups in total. The second-order valence-electron chi connectivity index (χ2n) is 6.38. The zero-order valence-electron chi connectivity index (χ0n) is 14.6. The number of carbonyl (C=O) groups is 1. The van der Waals surface area contributed by atoms with Gasteiger partial charge < -0.3 is 0 Å². The van der Waals surface area contributed by atoms with Crippen molar-refractivity contribution in [3.05, 3.63) is 85.9 Å². The first-order valence-corrected chi connectivity index (χ1v) is 9.06. The maximum atomic E-state index is 12.7. The molecule has 0 amide bonds. The highest BCUT2D eigenvalue weighted by Gasteiger charge is 2.43. The number of carbonyl (C=O) groups excluding carboxylic acids is 1. The molecule has 1 heterocycles. The first-order valence-electron chi connectivity index (χ1n) is 8.30. The Morgan fingerprint density at radius 1 is 1.15 bits per heavy atom. The van der Waals surface area contributed by atoms with Crippen LogP contribution in [-0.2, 0) is 6.42 Å². The number of nitrogens with zero attached hydrogens (tertiary/aromatic N) is 2. The van der Waals surface area contributed by atoms with Gasteiger partial charge in [0.1, 0.15) is 6.04 Å². The summed E-state index contributed by atoms with van der Waals surface area (Å²) in [4.78, 5) is 25.9. The number of likely N-dealkylation sites (N-methyl/N-ethyl adjacent to an activating group) is 1. The summed E-state index contributed by atoms with van der Waals surface area (Å²) in [7, 11) is 1.70. The van der Waals surface area contributed by atoms with Crippen molar-refractivity contribution in [2.24, 2.45) is 0 Å². The molecule has 2 aromatic rings. The molecule has 134 valence electrons. The molecular formula is C20H19Cl2N2O2+. The Morgan fingerprint density at radius 3 is 2.50 bits per heavy atom. The third kappa shape index (κ3) is 3.67. The molecule has 0 saturated carbocycles. The van der Waals surface area contributed by atoms with Crippen LogP contribution in [0.3, 0.4) is 0 Å². The monoisotopic (exact) mass is 389 g/mol. The van der Waals surface area contributed by atoms with Crippen molar-refractivity contribution in [2.75, 3.05) is 7.05 Å². The van der Waals surface area contributed by atoms with E-state index in [4.69, 9.17) is 23.2 Å². The summed E-state index contributed by atoms with van der Waals surface area (Å²) in [6, 6.07) is 14.1. The van der Waals surface area contributed by atoms with E-state index in [2.05, 4.69) is 0 Å². The van der Waals surface area contributed by atoms with Gasteiger partial charge in [-0.05, 0) is 17.7 Å². The molecule has 1 atom stereocenters. The predicted octanol–water partition coefficient (Wildman–Crippen LogP) is 5.09. The van der Waals surface area contributed by atoms with E-state index in [0.29, 0.717) is 27.7 Å². The van der Waals surface area contributed by atoms with Gasteiger partial charge in [0.05, 0.1) is 12.0 Å². The summed E-state index contributed by atoms with van der Waals surface area (Å²) in [5.41, 5.74) is 3.03. The van der Waals surface area contributed by atoms with Crippen molar-refractivity contribution in [1.82, 2.24) is 5.01 Å². The van der Waals surface area contributed by atoms with Crippen LogP contribution in [0.25, 0.3) is 0 Å². The topological polar surface area (TPSA) is 40.4 Å². The number of benzene rings is 2. The quantitative estimate of drug-likeness (QED) is 0.527. The van der Waals surface area contributed by atoms with Gasteiger partial charge >= 0.3 is 0 Å². The van der Waals surface area contributed by atoms with Crippen LogP contribution in [0.5, 0.6) is 0 Å². The smallest absolute Gasteiger partial charge is 0.267 e. The first-order chi connectivity index (χ1) is 12.4. The van der Waals surface area contributed by atoms with Crippen LogP contribution < -0.4 is 0 Å². The minimum atomic E-state index is -0.299. The summed E-state index contributed by atoms with van der Waals surface area (Å²) in [6.45, 7) is 1.77. The summed E-state index contributed by atoms with van der Waals surface area (Å²) in [5, 5.41) is 2.68. The Bertz CT molecular complexity index is 894. The van der Waals surface area contributed by atoms with E-state index in [9.17, 15) is 9.70 Å². The van der Waals surface area contributed by atoms with Gasteiger partial charge in [-0.2, -0.15) is 0 Å². The molecule has 0 aromatic heterocycles. The van der Waals surface area contributed by atoms with Crippen LogP contribution >= 0.6 is 23.2 Å². The number of rotatable bonds is 5. The van der Waals surface area contributed by atoms with Gasteiger partial charge in [0.2, 0.25) is 0 Å². The van der Waals surface area contributed by atoms with Crippen molar-refractivity contribution in [3.63, 3.8) is 0 Å². The van der Waals surface area contributed by atoms with Crippen LogP contribution in [0.15, 0.2) is 59.8 Å². The lowest BCUT2D eigenvalue weighted by Gasteiger charge is -2.16. The van der Waals surface area contributed by atoms with E-state index in [-0.39, 0.29) is 18.2 Å². The van der Waals surface area contributed by atoms with E-state index >= 15 is 0 Å². The van der Waals surface area contributed by atoms with Gasteiger partial charge in [-0.1, -0.05) is 59.6 Å². The SMILES string of the molecule is CC1=C(Cc2ccc(Cl)cc2Cl)C(CC(=O)c2ccccc2)N(C)[N+]1=O. The van der Waals surface area contributed by atoms with Crippen molar-refractivity contribution in [3.8, 4) is 0 Å². The first kappa shape index (κ1) is 18.6. The lowest BCUT2D eigenvalue weighted by atomic mass is 9.93. The number of ketones is 1. The minimum absolute atomic E-state index is 0.00486. The molecular weight excluding hydrogens is 371 g/mol. The van der Waals surface area contributed by atoms with Gasteiger partial charge in [-0.3, -0.25) is 4.79 Å². The third-order valence-corrected chi connectivity index (χ3v) is 5.35. The lowest BCUT2D eigenvalue weighted by Crippen LogP contribution is -2.34. The molecule has 6 heteroatoms. The molecule has 1 aliphatic heterocycles. The van der Waals surface area contributed by atoms with E-state index in [1.54, 1.807) is 43.2 Å². The van der Waals surface area contributed by atoms with Gasteiger partial charge in [0, 0.05) is 40.9 Å². The summed E-state index contributed by atoms with van der Waals surface area (Å²) < 4.78 is 0. The van der Waals surface area contributed by atoms with Gasteiger partial charge in [0.15, 0.2) is 10.7 Å². The van der Waals surface area contributed by atoms with Crippen LogP contribution in [-0.4, -0.2) is 28.8 Å². The lowest BCUT2D eigenvalue weighted by molar-refractivity contribution is -0.656. The summed E-state index contributed by atoms with van der Waals surface area (Å²) in [5.74, 6) is 0.00486. The third-order valence-electron chi connectivity index (χ3n) is 4.76. The molecule has 26 heavy (non-hydrogen) atoms. The Hall–Kier alpha value is -2.17. The Balaban J connectivity index is 1.88. The molecule has 1 aliphatic rings. The van der Waals surface area contributed by atoms with E-state index in [1.807, 2.05) is 24.3 Å². The predicted molar refractivity (Wildman–Crippen MR) is 103 cm³/mol. The number of halogens is 2. The Labute approximate surface area is 162 Å². The highest BCUT2D eigenvalue weighted by atomic mass is 35.5. The second-order valence-corrected chi connectivity index (χ2v) is 7.22. The zero-order chi connectivity index (χ0) is 18.8. The fraction of sp³-hybridized carbons (Fsp3) is 0.250. The molecule has 0 saturated heterocycles. The second kappa shape index (κ2) is 7.60. The average molecular weight is 390 g/mol. The molecule has 0 aliphatic carbocycles. The molecule has 4 nitrogen and oxygen atoms in total. The van der Waals surface area contributed by atoms with Crippen LogP contribution in [0.1, 0.15) is 29.3 Å². The summed E-state index contributed by atoms with van der Waals surface area (Å²) in [6.07, 6.45) is 0.731. The average Bonchev–Trinajstić information content (AvgIpc) is 2.82. The highest BCUT2D eigenvalue weighted by molar-refractivity contribution is 6.35. The van der Waals surface area contributed by atoms with Gasteiger partial charge in [-0.25, -0.2) is 0 Å². The van der Waals surface area contributed by atoms with Gasteiger partial charge in [-0.15, -0.1) is 5.01 Å². The van der Waals surface area contributed by atoms with Crippen molar-refractivity contribution >= 4 is 29.0 Å². The van der Waals surface area contributed by atoms with Crippen LogP contribution in [0.2, 0.25) is 10.0 Å². The van der Waals surface area contributed by atoms with Crippen molar-refractivity contribution in [1.29, 1.82) is 0 Å². The molecule has 0 spiro atoms. The summed E-state index contributed by atoms with van der Waals surface area (Å²) >= 11 is 12.3. The van der Waals surface area contributed by atoms with Crippen LogP contribution in [0.4, 0.5) is 0 Å². The van der Waals surface area contributed by atoms with E-state index in [1.165, 1.54) is 0 Å². The van der Waals surface area contributed by atoms with Crippen molar-refractivity contribution in [2.45, 2.75) is 25.8 Å². The maximum absolute atomic E-state index is 12.7. The molecule has 0 fully saturated rings. The Kier molecular flexibility index (Phi) is 5.44. The largest absolute Gasteiger partial charge is 0.294 e. The zero-order valence-corrected chi connectivity index (χ0v) is 16.1. The standard InChI is InChI=1S/C20H19Cl2N2O2/c1-13-17(10-15-8-9-16(21)11-18(15)22)19(23(2)24(13)26)12-20(25)14-6-4-3-5-7-14/h3-9,11,19H,10,12H2,1-2H3/q+1. The maximum Gasteiger partial charge on any atom is 0.267 e. The van der Waals surface area contributed by atoms with E-state index < -0.39 is 0 Å². The number of hydrazine groups is 1. The van der Waals surface area contributed by atoms with Crippen LogP contribution in [0, 0.1) is 4.91 Å². The minimum Gasteiger partial charge on any atom is -0.294 e. The fourth-order valence-corrected chi connectivity index (χ4v) is 3.72. The molecule has 1 unspecified atom stereocenters. The van der Waals surface area contributed by atoms with Gasteiger partial charge in [0.25, 0.3) is 5.70 Å². The molecule has 0 radical (unpaired) electrons. The number of Topliss-reactive ketones (excluding diaryl/α,β-unsaturated/α-hetero) is 1. The van der Waals surface area contributed by atoms with E-state index in [0.717, 1.165) is 16.0 Å². The number of hydrogen-bond donors (Lipinski definition) is 0. The fourth-order valence-electron chi connectivity index (χ4n) is 3.24. The normalized spacial score (nSPS) is 17.2. The Morgan fingerprint density at radius 2 is 1.85 bits per heavy atom. The molecule has 3 rings (SSSR count). The molecule has 0 bridgehead atoms. The molecule has 2 aromatic carbocycles. The van der Waals surface area contributed by atoms with Crippen molar-refractivity contribution < 1.29 is 9.66 Å². The number of allylic oxidation sites excluding steroid dienone is 1.